The Balaban J connectivity index is 1.66. The summed E-state index contributed by atoms with van der Waals surface area (Å²) in [5.41, 5.74) is 1.45. The molecule has 2 aromatic rings. The van der Waals surface area contributed by atoms with E-state index in [1.165, 1.54) is 17.3 Å². The maximum absolute atomic E-state index is 11.1. The molecule has 0 fully saturated rings. The largest absolute Gasteiger partial charge is 0.489 e. The van der Waals surface area contributed by atoms with Crippen LogP contribution in [0.3, 0.4) is 0 Å². The molecule has 1 aromatic heterocycles. The SMILES string of the molecule is O=C(O)c1cccnc1SCC1Cc2ccccc2O1. The van der Waals surface area contributed by atoms with Gasteiger partial charge in [0, 0.05) is 18.4 Å². The summed E-state index contributed by atoms with van der Waals surface area (Å²) in [6, 6.07) is 11.2. The molecule has 1 N–H and O–H groups in total. The molecule has 3 rings (SSSR count). The maximum atomic E-state index is 11.1. The normalized spacial score (nSPS) is 16.5. The van der Waals surface area contributed by atoms with Gasteiger partial charge < -0.3 is 9.84 Å². The van der Waals surface area contributed by atoms with Crippen molar-refractivity contribution < 1.29 is 14.6 Å². The van der Waals surface area contributed by atoms with E-state index >= 15 is 0 Å². The lowest BCUT2D eigenvalue weighted by Gasteiger charge is -2.10. The molecule has 1 aromatic carbocycles. The molecule has 5 heteroatoms. The molecule has 1 unspecified atom stereocenters. The van der Waals surface area contributed by atoms with Gasteiger partial charge in [0.15, 0.2) is 0 Å². The third kappa shape index (κ3) is 2.63. The van der Waals surface area contributed by atoms with Crippen LogP contribution in [-0.2, 0) is 6.42 Å². The molecule has 0 saturated heterocycles. The third-order valence-electron chi connectivity index (χ3n) is 3.12. The molecule has 0 bridgehead atoms. The number of carbonyl (C=O) groups is 1. The van der Waals surface area contributed by atoms with Crippen molar-refractivity contribution in [2.45, 2.75) is 17.6 Å². The number of fused-ring (bicyclic) bond motifs is 1. The third-order valence-corrected chi connectivity index (χ3v) is 4.26. The van der Waals surface area contributed by atoms with E-state index in [0.29, 0.717) is 10.8 Å². The number of benzene rings is 1. The van der Waals surface area contributed by atoms with Gasteiger partial charge >= 0.3 is 5.97 Å². The Labute approximate surface area is 120 Å². The average Bonchev–Trinajstić information content (AvgIpc) is 2.88. The quantitative estimate of drug-likeness (QED) is 0.876. The molecule has 1 aliphatic rings. The minimum Gasteiger partial charge on any atom is -0.489 e. The molecule has 1 aliphatic heterocycles. The molecule has 102 valence electrons. The van der Waals surface area contributed by atoms with Crippen LogP contribution in [0.15, 0.2) is 47.6 Å². The topological polar surface area (TPSA) is 59.4 Å². The minimum atomic E-state index is -0.948. The number of ether oxygens (including phenoxy) is 1. The molecule has 4 nitrogen and oxygen atoms in total. The molecule has 0 saturated carbocycles. The van der Waals surface area contributed by atoms with E-state index in [9.17, 15) is 4.79 Å². The van der Waals surface area contributed by atoms with Crippen LogP contribution in [0.1, 0.15) is 15.9 Å². The molecule has 0 spiro atoms. The zero-order valence-corrected chi connectivity index (χ0v) is 11.5. The Morgan fingerprint density at radius 1 is 1.35 bits per heavy atom. The molecule has 0 radical (unpaired) electrons. The Kier molecular flexibility index (Phi) is 3.60. The molecule has 2 heterocycles. The van der Waals surface area contributed by atoms with Crippen LogP contribution in [0.5, 0.6) is 5.75 Å². The van der Waals surface area contributed by atoms with E-state index < -0.39 is 5.97 Å². The summed E-state index contributed by atoms with van der Waals surface area (Å²) in [5.74, 6) is 0.667. The van der Waals surface area contributed by atoms with E-state index in [0.717, 1.165) is 12.2 Å². The van der Waals surface area contributed by atoms with Crippen molar-refractivity contribution in [3.63, 3.8) is 0 Å². The van der Waals surface area contributed by atoms with Gasteiger partial charge in [-0.15, -0.1) is 11.8 Å². The van der Waals surface area contributed by atoms with Gasteiger partial charge in [-0.2, -0.15) is 0 Å². The van der Waals surface area contributed by atoms with Crippen molar-refractivity contribution in [3.8, 4) is 5.75 Å². The lowest BCUT2D eigenvalue weighted by molar-refractivity contribution is 0.0692. The van der Waals surface area contributed by atoms with Crippen molar-refractivity contribution >= 4 is 17.7 Å². The number of carboxylic acids is 1. The van der Waals surface area contributed by atoms with Crippen LogP contribution < -0.4 is 4.74 Å². The van der Waals surface area contributed by atoms with Crippen LogP contribution in [0.4, 0.5) is 0 Å². The van der Waals surface area contributed by atoms with Gasteiger partial charge in [0.05, 0.1) is 5.56 Å². The fourth-order valence-electron chi connectivity index (χ4n) is 2.19. The van der Waals surface area contributed by atoms with E-state index in [4.69, 9.17) is 9.84 Å². The van der Waals surface area contributed by atoms with Crippen molar-refractivity contribution in [3.05, 3.63) is 53.7 Å². The van der Waals surface area contributed by atoms with Crippen LogP contribution >= 0.6 is 11.8 Å². The average molecular weight is 287 g/mol. The first-order valence-corrected chi connectivity index (χ1v) is 7.28. The van der Waals surface area contributed by atoms with Gasteiger partial charge in [0.1, 0.15) is 16.9 Å². The summed E-state index contributed by atoms with van der Waals surface area (Å²) in [6.45, 7) is 0. The predicted molar refractivity (Wildman–Crippen MR) is 76.5 cm³/mol. The number of carboxylic acid groups (broad SMARTS) is 1. The summed E-state index contributed by atoms with van der Waals surface area (Å²) in [5, 5.41) is 9.66. The lowest BCUT2D eigenvalue weighted by atomic mass is 10.1. The van der Waals surface area contributed by atoms with Gasteiger partial charge in [-0.1, -0.05) is 18.2 Å². The monoisotopic (exact) mass is 287 g/mol. The summed E-state index contributed by atoms with van der Waals surface area (Å²) in [4.78, 5) is 15.2. The van der Waals surface area contributed by atoms with Gasteiger partial charge in [0.25, 0.3) is 0 Å². The summed E-state index contributed by atoms with van der Waals surface area (Å²) in [6.07, 6.45) is 2.54. The zero-order valence-electron chi connectivity index (χ0n) is 10.7. The number of para-hydroxylation sites is 1. The number of thioether (sulfide) groups is 1. The number of rotatable bonds is 4. The number of pyridine rings is 1. The van der Waals surface area contributed by atoms with E-state index in [1.807, 2.05) is 18.2 Å². The first kappa shape index (κ1) is 13.0. The number of hydrogen-bond acceptors (Lipinski definition) is 4. The van der Waals surface area contributed by atoms with Crippen LogP contribution in [0.25, 0.3) is 0 Å². The van der Waals surface area contributed by atoms with Crippen molar-refractivity contribution in [2.24, 2.45) is 0 Å². The van der Waals surface area contributed by atoms with Crippen molar-refractivity contribution in [1.82, 2.24) is 4.98 Å². The van der Waals surface area contributed by atoms with Crippen LogP contribution in [0, 0.1) is 0 Å². The molecular weight excluding hydrogens is 274 g/mol. The Hall–Kier alpha value is -2.01. The Morgan fingerprint density at radius 3 is 3.00 bits per heavy atom. The predicted octanol–water partition coefficient (Wildman–Crippen LogP) is 2.88. The number of hydrogen-bond donors (Lipinski definition) is 1. The Morgan fingerprint density at radius 2 is 2.20 bits per heavy atom. The highest BCUT2D eigenvalue weighted by molar-refractivity contribution is 7.99. The maximum Gasteiger partial charge on any atom is 0.338 e. The standard InChI is InChI=1S/C15H13NO3S/c17-15(18)12-5-3-7-16-14(12)20-9-11-8-10-4-1-2-6-13(10)19-11/h1-7,11H,8-9H2,(H,17,18). The molecular formula is C15H13NO3S. The smallest absolute Gasteiger partial charge is 0.338 e. The molecule has 0 amide bonds. The molecule has 20 heavy (non-hydrogen) atoms. The Bertz CT molecular complexity index is 620. The van der Waals surface area contributed by atoms with E-state index in [-0.39, 0.29) is 11.7 Å². The lowest BCUT2D eigenvalue weighted by Crippen LogP contribution is -2.16. The van der Waals surface area contributed by atoms with Gasteiger partial charge in [0.2, 0.25) is 0 Å². The fraction of sp³-hybridized carbons (Fsp3) is 0.200. The van der Waals surface area contributed by atoms with Crippen LogP contribution in [0.2, 0.25) is 0 Å². The van der Waals surface area contributed by atoms with Gasteiger partial charge in [-0.3, -0.25) is 0 Å². The second-order valence-corrected chi connectivity index (χ2v) is 5.53. The highest BCUT2D eigenvalue weighted by Crippen LogP contribution is 2.31. The number of aromatic carboxylic acids is 1. The summed E-state index contributed by atoms with van der Waals surface area (Å²) in [7, 11) is 0. The molecule has 0 aliphatic carbocycles. The van der Waals surface area contributed by atoms with E-state index in [2.05, 4.69) is 11.1 Å². The highest BCUT2D eigenvalue weighted by Gasteiger charge is 2.23. The molecule has 1 atom stereocenters. The highest BCUT2D eigenvalue weighted by atomic mass is 32.2. The van der Waals surface area contributed by atoms with Crippen molar-refractivity contribution in [2.75, 3.05) is 5.75 Å². The summed E-state index contributed by atoms with van der Waals surface area (Å²) >= 11 is 1.43. The minimum absolute atomic E-state index is 0.0704. The summed E-state index contributed by atoms with van der Waals surface area (Å²) < 4.78 is 5.83. The first-order valence-electron chi connectivity index (χ1n) is 6.29. The number of aromatic nitrogens is 1. The fourth-order valence-corrected chi connectivity index (χ4v) is 3.16. The zero-order chi connectivity index (χ0) is 13.9. The van der Waals surface area contributed by atoms with E-state index in [1.54, 1.807) is 18.3 Å². The first-order chi connectivity index (χ1) is 9.74. The van der Waals surface area contributed by atoms with Crippen molar-refractivity contribution in [1.29, 1.82) is 0 Å². The van der Waals surface area contributed by atoms with Crippen LogP contribution in [-0.4, -0.2) is 27.9 Å². The number of nitrogens with zero attached hydrogens (tertiary/aromatic N) is 1. The van der Waals surface area contributed by atoms with Gasteiger partial charge in [-0.25, -0.2) is 9.78 Å². The second kappa shape index (κ2) is 5.54. The second-order valence-electron chi connectivity index (χ2n) is 4.52. The van der Waals surface area contributed by atoms with Gasteiger partial charge in [-0.05, 0) is 23.8 Å².